The van der Waals surface area contributed by atoms with E-state index in [1.165, 1.54) is 12.3 Å². The number of ether oxygens (including phenoxy) is 1. The maximum absolute atomic E-state index is 11.9. The van der Waals surface area contributed by atoms with Crippen molar-refractivity contribution in [1.29, 1.82) is 0 Å². The summed E-state index contributed by atoms with van der Waals surface area (Å²) in [5.41, 5.74) is 0.932. The molecule has 1 N–H and O–H groups in total. The second-order valence-corrected chi connectivity index (χ2v) is 3.49. The van der Waals surface area contributed by atoms with Crippen molar-refractivity contribution in [3.63, 3.8) is 0 Å². The number of hydrogen-bond donors (Lipinski definition) is 1. The minimum atomic E-state index is -2.79. The number of aromatic nitrogens is 1. The maximum atomic E-state index is 11.9. The summed E-state index contributed by atoms with van der Waals surface area (Å²) in [5.74, 6) is 0.505. The topological polar surface area (TPSA) is 34.1 Å². The van der Waals surface area contributed by atoms with Gasteiger partial charge in [0, 0.05) is 18.2 Å². The first kappa shape index (κ1) is 16.4. The molecule has 0 radical (unpaired) electrons. The van der Waals surface area contributed by atoms with E-state index in [2.05, 4.69) is 15.0 Å². The van der Waals surface area contributed by atoms with Crippen molar-refractivity contribution in [3.05, 3.63) is 24.0 Å². The van der Waals surface area contributed by atoms with Crippen LogP contribution in [0.5, 0.6) is 5.75 Å². The smallest absolute Gasteiger partial charge is 0.387 e. The highest BCUT2D eigenvalue weighted by molar-refractivity contribution is 5.85. The van der Waals surface area contributed by atoms with Gasteiger partial charge in [-0.25, -0.2) is 0 Å². The minimum absolute atomic E-state index is 0. The van der Waals surface area contributed by atoms with E-state index in [1.54, 1.807) is 6.07 Å². The van der Waals surface area contributed by atoms with E-state index in [9.17, 15) is 8.78 Å². The van der Waals surface area contributed by atoms with Crippen LogP contribution in [0.25, 0.3) is 0 Å². The molecule has 1 aliphatic rings. The third-order valence-corrected chi connectivity index (χ3v) is 2.46. The first-order chi connectivity index (χ1) is 7.25. The van der Waals surface area contributed by atoms with Crippen LogP contribution in [0.1, 0.15) is 18.0 Å². The summed E-state index contributed by atoms with van der Waals surface area (Å²) in [5, 5.41) is 3.23. The van der Waals surface area contributed by atoms with E-state index in [0.29, 0.717) is 5.92 Å². The molecule has 98 valence electrons. The van der Waals surface area contributed by atoms with E-state index in [0.717, 1.165) is 25.2 Å². The average Bonchev–Trinajstić information content (AvgIpc) is 2.71. The third-order valence-electron chi connectivity index (χ3n) is 2.46. The normalized spacial score (nSPS) is 18.4. The van der Waals surface area contributed by atoms with Gasteiger partial charge in [-0.2, -0.15) is 8.78 Å². The van der Waals surface area contributed by atoms with Gasteiger partial charge in [0.05, 0.1) is 6.20 Å². The first-order valence-corrected chi connectivity index (χ1v) is 4.87. The maximum Gasteiger partial charge on any atom is 0.387 e. The fourth-order valence-corrected chi connectivity index (χ4v) is 1.71. The Labute approximate surface area is 111 Å². The minimum Gasteiger partial charge on any atom is -0.433 e. The van der Waals surface area contributed by atoms with Crippen LogP contribution >= 0.6 is 24.8 Å². The second-order valence-electron chi connectivity index (χ2n) is 3.49. The number of nitrogens with one attached hydrogen (secondary N) is 1. The van der Waals surface area contributed by atoms with Gasteiger partial charge in [0.1, 0.15) is 5.75 Å². The molecule has 2 rings (SSSR count). The van der Waals surface area contributed by atoms with E-state index in [-0.39, 0.29) is 30.6 Å². The van der Waals surface area contributed by atoms with Crippen molar-refractivity contribution in [2.45, 2.75) is 19.0 Å². The number of alkyl halides is 2. The van der Waals surface area contributed by atoms with Crippen LogP contribution in [-0.2, 0) is 0 Å². The molecule has 0 aliphatic carbocycles. The van der Waals surface area contributed by atoms with E-state index >= 15 is 0 Å². The Hall–Kier alpha value is -0.650. The highest BCUT2D eigenvalue weighted by atomic mass is 35.5. The molecular weight excluding hydrogens is 273 g/mol. The lowest BCUT2D eigenvalue weighted by atomic mass is 10.0. The monoisotopic (exact) mass is 286 g/mol. The molecule has 17 heavy (non-hydrogen) atoms. The highest BCUT2D eigenvalue weighted by Gasteiger charge is 2.17. The second kappa shape index (κ2) is 7.63. The van der Waals surface area contributed by atoms with Gasteiger partial charge in [-0.05, 0) is 25.1 Å². The Morgan fingerprint density at radius 1 is 1.35 bits per heavy atom. The number of rotatable bonds is 3. The number of nitrogens with zero attached hydrogens (tertiary/aromatic N) is 1. The molecule has 0 saturated carbocycles. The lowest BCUT2D eigenvalue weighted by molar-refractivity contribution is -0.0500. The van der Waals surface area contributed by atoms with Crippen LogP contribution in [0.3, 0.4) is 0 Å². The summed E-state index contributed by atoms with van der Waals surface area (Å²) in [4.78, 5) is 4.12. The number of halogens is 4. The molecule has 1 aromatic heterocycles. The van der Waals surface area contributed by atoms with E-state index in [4.69, 9.17) is 0 Å². The third kappa shape index (κ3) is 4.61. The summed E-state index contributed by atoms with van der Waals surface area (Å²) in [6, 6.07) is 3.28. The lowest BCUT2D eigenvalue weighted by Gasteiger charge is -2.08. The molecule has 1 aliphatic heterocycles. The summed E-state index contributed by atoms with van der Waals surface area (Å²) in [6.45, 7) is -0.894. The Morgan fingerprint density at radius 3 is 2.59 bits per heavy atom. The van der Waals surface area contributed by atoms with Crippen molar-refractivity contribution in [1.82, 2.24) is 10.3 Å². The zero-order valence-corrected chi connectivity index (χ0v) is 10.6. The van der Waals surface area contributed by atoms with Gasteiger partial charge in [-0.3, -0.25) is 4.98 Å². The zero-order chi connectivity index (χ0) is 10.7. The van der Waals surface area contributed by atoms with Gasteiger partial charge in [0.25, 0.3) is 0 Å². The highest BCUT2D eigenvalue weighted by Crippen LogP contribution is 2.22. The summed E-state index contributed by atoms with van der Waals surface area (Å²) in [7, 11) is 0. The van der Waals surface area contributed by atoms with Gasteiger partial charge in [0.2, 0.25) is 0 Å². The van der Waals surface area contributed by atoms with Crippen LogP contribution in [0, 0.1) is 0 Å². The molecule has 0 amide bonds. The van der Waals surface area contributed by atoms with Gasteiger partial charge >= 0.3 is 6.61 Å². The average molecular weight is 287 g/mol. The van der Waals surface area contributed by atoms with Gasteiger partial charge in [-0.15, -0.1) is 24.8 Å². The van der Waals surface area contributed by atoms with Gasteiger partial charge in [0.15, 0.2) is 0 Å². The lowest BCUT2D eigenvalue weighted by Crippen LogP contribution is -2.09. The Bertz CT molecular complexity index is 319. The van der Waals surface area contributed by atoms with Crippen molar-refractivity contribution in [2.75, 3.05) is 13.1 Å². The van der Waals surface area contributed by atoms with Gasteiger partial charge in [-0.1, -0.05) is 0 Å². The van der Waals surface area contributed by atoms with Crippen LogP contribution in [-0.4, -0.2) is 24.7 Å². The Balaban J connectivity index is 0.00000128. The van der Waals surface area contributed by atoms with Crippen LogP contribution < -0.4 is 10.1 Å². The summed E-state index contributed by atoms with van der Waals surface area (Å²) in [6.07, 6.45) is 2.39. The van der Waals surface area contributed by atoms with Crippen LogP contribution in [0.2, 0.25) is 0 Å². The zero-order valence-electron chi connectivity index (χ0n) is 8.94. The Morgan fingerprint density at radius 2 is 2.12 bits per heavy atom. The molecule has 0 spiro atoms. The van der Waals surface area contributed by atoms with E-state index in [1.807, 2.05) is 0 Å². The first-order valence-electron chi connectivity index (χ1n) is 4.87. The fourth-order valence-electron chi connectivity index (χ4n) is 1.71. The molecule has 1 unspecified atom stereocenters. The predicted molar refractivity (Wildman–Crippen MR) is 65.6 cm³/mol. The van der Waals surface area contributed by atoms with Crippen molar-refractivity contribution >= 4 is 24.8 Å². The van der Waals surface area contributed by atoms with Crippen molar-refractivity contribution in [3.8, 4) is 5.75 Å². The number of hydrogen-bond acceptors (Lipinski definition) is 3. The van der Waals surface area contributed by atoms with Crippen molar-refractivity contribution in [2.24, 2.45) is 0 Å². The fraction of sp³-hybridized carbons (Fsp3) is 0.500. The predicted octanol–water partition coefficient (Wildman–Crippen LogP) is 2.60. The quantitative estimate of drug-likeness (QED) is 0.928. The molecule has 3 nitrogen and oxygen atoms in total. The standard InChI is InChI=1S/C10H12F2N2O.2ClH/c11-10(12)15-8-1-2-9(14-6-8)7-3-4-13-5-7;;/h1-2,6-7,10,13H,3-5H2;2*1H. The molecule has 0 aromatic carbocycles. The summed E-state index contributed by atoms with van der Waals surface area (Å²) >= 11 is 0. The Kier molecular flexibility index (Phi) is 7.34. The van der Waals surface area contributed by atoms with Gasteiger partial charge < -0.3 is 10.1 Å². The molecule has 1 fully saturated rings. The molecule has 0 bridgehead atoms. The van der Waals surface area contributed by atoms with E-state index < -0.39 is 6.61 Å². The molecular formula is C10H14Cl2F2N2O. The molecule has 2 heterocycles. The summed E-state index contributed by atoms with van der Waals surface area (Å²) < 4.78 is 27.9. The van der Waals surface area contributed by atoms with Crippen LogP contribution in [0.4, 0.5) is 8.78 Å². The molecule has 1 atom stereocenters. The molecule has 1 saturated heterocycles. The van der Waals surface area contributed by atoms with Crippen molar-refractivity contribution < 1.29 is 13.5 Å². The SMILES string of the molecule is Cl.Cl.FC(F)Oc1ccc(C2CCNC2)nc1. The largest absolute Gasteiger partial charge is 0.433 e. The van der Waals surface area contributed by atoms with Crippen LogP contribution in [0.15, 0.2) is 18.3 Å². The number of pyridine rings is 1. The molecule has 1 aromatic rings. The molecule has 7 heteroatoms.